The molecule has 0 saturated carbocycles. The lowest BCUT2D eigenvalue weighted by atomic mass is 9.86. The number of ether oxygens (including phenoxy) is 1. The van der Waals surface area contributed by atoms with Crippen LogP contribution in [0, 0.1) is 5.41 Å². The van der Waals surface area contributed by atoms with Gasteiger partial charge in [0.1, 0.15) is 0 Å². The van der Waals surface area contributed by atoms with E-state index in [1.807, 2.05) is 0 Å². The van der Waals surface area contributed by atoms with Gasteiger partial charge in [0.05, 0.1) is 6.61 Å². The summed E-state index contributed by atoms with van der Waals surface area (Å²) in [7, 11) is 1.79. The Labute approximate surface area is 83.1 Å². The van der Waals surface area contributed by atoms with E-state index in [2.05, 4.69) is 26.1 Å². The van der Waals surface area contributed by atoms with E-state index in [4.69, 9.17) is 4.74 Å². The molecule has 1 atom stereocenters. The van der Waals surface area contributed by atoms with Crippen molar-refractivity contribution < 1.29 is 4.74 Å². The molecule has 0 aliphatic rings. The summed E-state index contributed by atoms with van der Waals surface area (Å²) in [6.07, 6.45) is 3.67. The molecule has 1 unspecified atom stereocenters. The van der Waals surface area contributed by atoms with Gasteiger partial charge in [-0.25, -0.2) is 0 Å². The molecule has 2 nitrogen and oxygen atoms in total. The molecule has 0 rings (SSSR count). The number of rotatable bonds is 8. The second-order valence-electron chi connectivity index (χ2n) is 4.17. The van der Waals surface area contributed by atoms with Crippen LogP contribution in [0.5, 0.6) is 0 Å². The zero-order valence-electron chi connectivity index (χ0n) is 9.65. The molecule has 0 aromatic carbocycles. The van der Waals surface area contributed by atoms with Gasteiger partial charge < -0.3 is 10.1 Å². The van der Waals surface area contributed by atoms with Gasteiger partial charge in [-0.1, -0.05) is 27.2 Å². The van der Waals surface area contributed by atoms with Crippen molar-refractivity contribution in [2.24, 2.45) is 5.41 Å². The highest BCUT2D eigenvalue weighted by Gasteiger charge is 2.22. The Morgan fingerprint density at radius 3 is 2.38 bits per heavy atom. The Morgan fingerprint density at radius 2 is 1.92 bits per heavy atom. The second-order valence-corrected chi connectivity index (χ2v) is 4.17. The van der Waals surface area contributed by atoms with Crippen LogP contribution in [-0.4, -0.2) is 26.8 Å². The first-order chi connectivity index (χ1) is 6.18. The maximum Gasteiger partial charge on any atom is 0.0528 e. The number of hydrogen-bond acceptors (Lipinski definition) is 2. The Kier molecular flexibility index (Phi) is 7.29. The van der Waals surface area contributed by atoms with E-state index in [9.17, 15) is 0 Å². The third-order valence-corrected chi connectivity index (χ3v) is 2.32. The molecular formula is C11H25NO. The Bertz CT molecular complexity index is 109. The minimum absolute atomic E-state index is 0.318. The predicted octanol–water partition coefficient (Wildman–Crippen LogP) is 2.44. The van der Waals surface area contributed by atoms with Gasteiger partial charge in [-0.3, -0.25) is 0 Å². The number of hydrogen-bond donors (Lipinski definition) is 1. The minimum atomic E-state index is 0.318. The van der Waals surface area contributed by atoms with Gasteiger partial charge in [-0.15, -0.1) is 0 Å². The molecule has 0 radical (unpaired) electrons. The van der Waals surface area contributed by atoms with Crippen LogP contribution in [0.2, 0.25) is 0 Å². The van der Waals surface area contributed by atoms with Crippen LogP contribution in [0.4, 0.5) is 0 Å². The molecule has 0 heterocycles. The molecule has 0 aliphatic heterocycles. The highest BCUT2D eigenvalue weighted by atomic mass is 16.5. The number of methoxy groups -OCH3 is 1. The molecule has 0 fully saturated rings. The van der Waals surface area contributed by atoms with Gasteiger partial charge in [0.2, 0.25) is 0 Å². The molecule has 0 saturated heterocycles. The normalized spacial score (nSPS) is 15.7. The summed E-state index contributed by atoms with van der Waals surface area (Å²) in [5.74, 6) is 0. The van der Waals surface area contributed by atoms with Gasteiger partial charge in [0.15, 0.2) is 0 Å². The van der Waals surface area contributed by atoms with Crippen LogP contribution >= 0.6 is 0 Å². The van der Waals surface area contributed by atoms with Crippen molar-refractivity contribution in [1.82, 2.24) is 5.32 Å². The number of nitrogens with one attached hydrogen (secondary N) is 1. The van der Waals surface area contributed by atoms with Crippen LogP contribution in [0.1, 0.15) is 40.0 Å². The smallest absolute Gasteiger partial charge is 0.0528 e. The second kappa shape index (κ2) is 7.34. The van der Waals surface area contributed by atoms with Crippen LogP contribution < -0.4 is 5.32 Å². The zero-order chi connectivity index (χ0) is 10.2. The molecule has 1 N–H and O–H groups in total. The average molecular weight is 187 g/mol. The monoisotopic (exact) mass is 187 g/mol. The molecule has 80 valence electrons. The van der Waals surface area contributed by atoms with Crippen LogP contribution in [0.15, 0.2) is 0 Å². The zero-order valence-corrected chi connectivity index (χ0v) is 9.65. The predicted molar refractivity (Wildman–Crippen MR) is 58.1 cm³/mol. The fraction of sp³-hybridized carbons (Fsp3) is 1.00. The summed E-state index contributed by atoms with van der Waals surface area (Å²) in [5.41, 5.74) is 0.318. The van der Waals surface area contributed by atoms with Gasteiger partial charge >= 0.3 is 0 Å². The summed E-state index contributed by atoms with van der Waals surface area (Å²) in [6, 6.07) is 0. The van der Waals surface area contributed by atoms with Crippen LogP contribution in [0.3, 0.4) is 0 Å². The molecule has 13 heavy (non-hydrogen) atoms. The molecule has 0 spiro atoms. The largest absolute Gasteiger partial charge is 0.384 e. The van der Waals surface area contributed by atoms with Crippen LogP contribution in [-0.2, 0) is 4.74 Å². The fourth-order valence-corrected chi connectivity index (χ4v) is 1.73. The minimum Gasteiger partial charge on any atom is -0.384 e. The summed E-state index contributed by atoms with van der Waals surface area (Å²) in [6.45, 7) is 9.76. The third kappa shape index (κ3) is 6.05. The molecule has 0 aromatic heterocycles. The molecule has 0 amide bonds. The molecule has 0 bridgehead atoms. The summed E-state index contributed by atoms with van der Waals surface area (Å²) >= 11 is 0. The van der Waals surface area contributed by atoms with Crippen molar-refractivity contribution >= 4 is 0 Å². The third-order valence-electron chi connectivity index (χ3n) is 2.32. The van der Waals surface area contributed by atoms with E-state index in [1.165, 1.54) is 19.3 Å². The van der Waals surface area contributed by atoms with E-state index in [-0.39, 0.29) is 0 Å². The van der Waals surface area contributed by atoms with Crippen molar-refractivity contribution in [1.29, 1.82) is 0 Å². The summed E-state index contributed by atoms with van der Waals surface area (Å²) in [5, 5.41) is 3.47. The first kappa shape index (κ1) is 12.9. The molecule has 0 aromatic rings. The van der Waals surface area contributed by atoms with Crippen LogP contribution in [0.25, 0.3) is 0 Å². The standard InChI is InChI=1S/C11H25NO/c1-5-7-11(3,10-13-4)9-12-8-6-2/h12H,5-10H2,1-4H3. The fourth-order valence-electron chi connectivity index (χ4n) is 1.73. The van der Waals surface area contributed by atoms with Crippen molar-refractivity contribution in [3.05, 3.63) is 0 Å². The highest BCUT2D eigenvalue weighted by molar-refractivity contribution is 4.75. The summed E-state index contributed by atoms with van der Waals surface area (Å²) in [4.78, 5) is 0. The van der Waals surface area contributed by atoms with E-state index in [0.717, 1.165) is 19.7 Å². The summed E-state index contributed by atoms with van der Waals surface area (Å²) < 4.78 is 5.25. The topological polar surface area (TPSA) is 21.3 Å². The van der Waals surface area contributed by atoms with Gasteiger partial charge in [0.25, 0.3) is 0 Å². The quantitative estimate of drug-likeness (QED) is 0.589. The Hall–Kier alpha value is -0.0800. The van der Waals surface area contributed by atoms with E-state index in [1.54, 1.807) is 7.11 Å². The first-order valence-corrected chi connectivity index (χ1v) is 5.38. The van der Waals surface area contributed by atoms with E-state index in [0.29, 0.717) is 5.41 Å². The van der Waals surface area contributed by atoms with Crippen molar-refractivity contribution in [3.63, 3.8) is 0 Å². The molecular weight excluding hydrogens is 162 g/mol. The van der Waals surface area contributed by atoms with E-state index >= 15 is 0 Å². The lowest BCUT2D eigenvalue weighted by Crippen LogP contribution is -2.35. The van der Waals surface area contributed by atoms with Gasteiger partial charge in [-0.05, 0) is 19.4 Å². The first-order valence-electron chi connectivity index (χ1n) is 5.38. The molecule has 2 heteroatoms. The van der Waals surface area contributed by atoms with Crippen molar-refractivity contribution in [2.75, 3.05) is 26.8 Å². The lowest BCUT2D eigenvalue weighted by molar-refractivity contribution is 0.0841. The highest BCUT2D eigenvalue weighted by Crippen LogP contribution is 2.22. The average Bonchev–Trinajstić information content (AvgIpc) is 2.05. The van der Waals surface area contributed by atoms with E-state index < -0.39 is 0 Å². The van der Waals surface area contributed by atoms with Crippen molar-refractivity contribution in [2.45, 2.75) is 40.0 Å². The lowest BCUT2D eigenvalue weighted by Gasteiger charge is -2.28. The van der Waals surface area contributed by atoms with Gasteiger partial charge in [0, 0.05) is 19.1 Å². The SMILES string of the molecule is CCCNCC(C)(CCC)COC. The Balaban J connectivity index is 3.76. The maximum absolute atomic E-state index is 5.25. The Morgan fingerprint density at radius 1 is 1.23 bits per heavy atom. The maximum atomic E-state index is 5.25. The molecule has 0 aliphatic carbocycles. The van der Waals surface area contributed by atoms with Gasteiger partial charge in [-0.2, -0.15) is 0 Å². The van der Waals surface area contributed by atoms with Crippen molar-refractivity contribution in [3.8, 4) is 0 Å².